The molecule has 0 unspecified atom stereocenters. The quantitative estimate of drug-likeness (QED) is 0.867. The number of nitrogens with two attached hydrogens (primary N) is 1. The highest BCUT2D eigenvalue weighted by Crippen LogP contribution is 2.19. The summed E-state index contributed by atoms with van der Waals surface area (Å²) in [7, 11) is 0. The zero-order valence-corrected chi connectivity index (χ0v) is 11.0. The summed E-state index contributed by atoms with van der Waals surface area (Å²) in [5.41, 5.74) is 6.75. The molecular formula is C13H17N5O. The first kappa shape index (κ1) is 13.2. The summed E-state index contributed by atoms with van der Waals surface area (Å²) in [5, 5.41) is 6.91. The summed E-state index contributed by atoms with van der Waals surface area (Å²) in [6.07, 6.45) is 3.28. The Morgan fingerprint density at radius 2 is 2.16 bits per heavy atom. The Kier molecular flexibility index (Phi) is 3.62. The number of hydrogen-bond donors (Lipinski definition) is 2. The number of carbonyl (C=O) groups excluding carboxylic acids is 1. The largest absolute Gasteiger partial charge is 0.325 e. The molecule has 1 aromatic heterocycles. The second-order valence-electron chi connectivity index (χ2n) is 5.07. The van der Waals surface area contributed by atoms with E-state index < -0.39 is 5.54 Å². The van der Waals surface area contributed by atoms with Crippen LogP contribution in [0.3, 0.4) is 0 Å². The van der Waals surface area contributed by atoms with Crippen LogP contribution in [0.15, 0.2) is 36.9 Å². The lowest BCUT2D eigenvalue weighted by atomic mass is 10.0. The number of amides is 1. The maximum atomic E-state index is 11.9. The number of aromatic nitrogens is 3. The SMILES string of the molecule is CC(C)(N)CC(=O)Nc1ccccc1-n1cncn1. The van der Waals surface area contributed by atoms with Gasteiger partial charge in [0.15, 0.2) is 0 Å². The number of carbonyl (C=O) groups is 1. The number of nitrogens with zero attached hydrogens (tertiary/aromatic N) is 3. The normalized spacial score (nSPS) is 11.3. The average molecular weight is 259 g/mol. The fourth-order valence-corrected chi connectivity index (χ4v) is 1.72. The van der Waals surface area contributed by atoms with Crippen molar-refractivity contribution in [3.63, 3.8) is 0 Å². The molecule has 19 heavy (non-hydrogen) atoms. The molecule has 0 spiro atoms. The summed E-state index contributed by atoms with van der Waals surface area (Å²) in [5.74, 6) is -0.125. The van der Waals surface area contributed by atoms with Crippen molar-refractivity contribution in [3.05, 3.63) is 36.9 Å². The van der Waals surface area contributed by atoms with E-state index in [-0.39, 0.29) is 12.3 Å². The molecule has 3 N–H and O–H groups in total. The van der Waals surface area contributed by atoms with Crippen LogP contribution in [0.4, 0.5) is 5.69 Å². The molecule has 0 saturated carbocycles. The van der Waals surface area contributed by atoms with Gasteiger partial charge < -0.3 is 11.1 Å². The van der Waals surface area contributed by atoms with Crippen LogP contribution in [-0.2, 0) is 4.79 Å². The van der Waals surface area contributed by atoms with Gasteiger partial charge in [0.1, 0.15) is 12.7 Å². The molecule has 0 aliphatic heterocycles. The Bertz CT molecular complexity index is 557. The Morgan fingerprint density at radius 1 is 1.42 bits per heavy atom. The molecule has 6 heteroatoms. The number of nitrogens with one attached hydrogen (secondary N) is 1. The van der Waals surface area contributed by atoms with Gasteiger partial charge in [-0.1, -0.05) is 12.1 Å². The highest BCUT2D eigenvalue weighted by Gasteiger charge is 2.17. The third kappa shape index (κ3) is 3.62. The van der Waals surface area contributed by atoms with Gasteiger partial charge in [-0.25, -0.2) is 9.67 Å². The summed E-state index contributed by atoms with van der Waals surface area (Å²) in [6.45, 7) is 3.63. The van der Waals surface area contributed by atoms with Gasteiger partial charge >= 0.3 is 0 Å². The lowest BCUT2D eigenvalue weighted by Crippen LogP contribution is -2.36. The number of anilines is 1. The van der Waals surface area contributed by atoms with Gasteiger partial charge in [0.05, 0.1) is 11.4 Å². The van der Waals surface area contributed by atoms with Crippen LogP contribution in [0.1, 0.15) is 20.3 Å². The van der Waals surface area contributed by atoms with Gasteiger partial charge in [-0.15, -0.1) is 0 Å². The van der Waals surface area contributed by atoms with Crippen LogP contribution in [0.5, 0.6) is 0 Å². The predicted molar refractivity (Wildman–Crippen MR) is 72.9 cm³/mol. The first-order chi connectivity index (χ1) is 8.96. The van der Waals surface area contributed by atoms with Crippen molar-refractivity contribution in [1.82, 2.24) is 14.8 Å². The molecule has 0 aliphatic carbocycles. The summed E-state index contributed by atoms with van der Waals surface area (Å²) >= 11 is 0. The summed E-state index contributed by atoms with van der Waals surface area (Å²) in [4.78, 5) is 15.8. The molecule has 2 aromatic rings. The smallest absolute Gasteiger partial charge is 0.226 e. The van der Waals surface area contributed by atoms with Gasteiger partial charge in [0.2, 0.25) is 5.91 Å². The molecule has 1 heterocycles. The first-order valence-corrected chi connectivity index (χ1v) is 5.98. The van der Waals surface area contributed by atoms with E-state index in [4.69, 9.17) is 5.73 Å². The second kappa shape index (κ2) is 5.19. The molecule has 1 amide bonds. The molecular weight excluding hydrogens is 242 g/mol. The maximum Gasteiger partial charge on any atom is 0.226 e. The Morgan fingerprint density at radius 3 is 2.79 bits per heavy atom. The number of rotatable bonds is 4. The van der Waals surface area contributed by atoms with Crippen molar-refractivity contribution >= 4 is 11.6 Å². The Balaban J connectivity index is 2.20. The molecule has 1 aromatic carbocycles. The van der Waals surface area contributed by atoms with Crippen LogP contribution in [0.25, 0.3) is 5.69 Å². The predicted octanol–water partition coefficient (Wildman–Crippen LogP) is 1.33. The standard InChI is InChI=1S/C13H17N5O/c1-13(2,14)7-12(19)17-10-5-3-4-6-11(10)18-9-15-8-16-18/h3-6,8-9H,7,14H2,1-2H3,(H,17,19). The monoisotopic (exact) mass is 259 g/mol. The van der Waals surface area contributed by atoms with Crippen molar-refractivity contribution in [2.75, 3.05) is 5.32 Å². The van der Waals surface area contributed by atoms with E-state index in [2.05, 4.69) is 15.4 Å². The molecule has 0 fully saturated rings. The second-order valence-corrected chi connectivity index (χ2v) is 5.07. The summed E-state index contributed by atoms with van der Waals surface area (Å²) < 4.78 is 1.60. The molecule has 0 bridgehead atoms. The third-order valence-corrected chi connectivity index (χ3v) is 2.46. The Hall–Kier alpha value is -2.21. The maximum absolute atomic E-state index is 11.9. The van der Waals surface area contributed by atoms with Crippen LogP contribution in [0.2, 0.25) is 0 Å². The number of para-hydroxylation sites is 2. The molecule has 0 aliphatic rings. The highest BCUT2D eigenvalue weighted by atomic mass is 16.1. The number of benzene rings is 1. The van der Waals surface area contributed by atoms with Crippen LogP contribution >= 0.6 is 0 Å². The van der Waals surface area contributed by atoms with Crippen molar-refractivity contribution in [3.8, 4) is 5.69 Å². The van der Waals surface area contributed by atoms with Gasteiger partial charge in [0.25, 0.3) is 0 Å². The van der Waals surface area contributed by atoms with Gasteiger partial charge in [-0.2, -0.15) is 5.10 Å². The van der Waals surface area contributed by atoms with E-state index in [1.54, 1.807) is 11.0 Å². The Labute approximate surface area is 111 Å². The number of hydrogen-bond acceptors (Lipinski definition) is 4. The zero-order valence-electron chi connectivity index (χ0n) is 11.0. The van der Waals surface area contributed by atoms with Crippen molar-refractivity contribution < 1.29 is 4.79 Å². The van der Waals surface area contributed by atoms with E-state index in [9.17, 15) is 4.79 Å². The topological polar surface area (TPSA) is 85.8 Å². The molecule has 6 nitrogen and oxygen atoms in total. The van der Waals surface area contributed by atoms with Crippen molar-refractivity contribution in [2.24, 2.45) is 5.73 Å². The van der Waals surface area contributed by atoms with E-state index in [0.29, 0.717) is 5.69 Å². The molecule has 100 valence electrons. The minimum atomic E-state index is -0.535. The summed E-state index contributed by atoms with van der Waals surface area (Å²) in [6, 6.07) is 7.40. The van der Waals surface area contributed by atoms with Gasteiger partial charge in [-0.3, -0.25) is 4.79 Å². The van der Waals surface area contributed by atoms with Crippen LogP contribution < -0.4 is 11.1 Å². The van der Waals surface area contributed by atoms with E-state index in [0.717, 1.165) is 5.69 Å². The van der Waals surface area contributed by atoms with E-state index in [1.165, 1.54) is 6.33 Å². The van der Waals surface area contributed by atoms with Crippen LogP contribution in [0, 0.1) is 0 Å². The molecule has 0 radical (unpaired) electrons. The minimum Gasteiger partial charge on any atom is -0.325 e. The van der Waals surface area contributed by atoms with Crippen molar-refractivity contribution in [1.29, 1.82) is 0 Å². The van der Waals surface area contributed by atoms with E-state index >= 15 is 0 Å². The first-order valence-electron chi connectivity index (χ1n) is 5.98. The van der Waals surface area contributed by atoms with Crippen LogP contribution in [-0.4, -0.2) is 26.2 Å². The van der Waals surface area contributed by atoms with Gasteiger partial charge in [0, 0.05) is 12.0 Å². The van der Waals surface area contributed by atoms with Gasteiger partial charge in [-0.05, 0) is 26.0 Å². The molecule has 2 rings (SSSR count). The lowest BCUT2D eigenvalue weighted by molar-refractivity contribution is -0.117. The van der Waals surface area contributed by atoms with E-state index in [1.807, 2.05) is 38.1 Å². The fourth-order valence-electron chi connectivity index (χ4n) is 1.72. The fraction of sp³-hybridized carbons (Fsp3) is 0.308. The third-order valence-electron chi connectivity index (χ3n) is 2.46. The highest BCUT2D eigenvalue weighted by molar-refractivity contribution is 5.93. The van der Waals surface area contributed by atoms with Crippen molar-refractivity contribution in [2.45, 2.75) is 25.8 Å². The minimum absolute atomic E-state index is 0.125. The zero-order chi connectivity index (χ0) is 13.9. The average Bonchev–Trinajstić information content (AvgIpc) is 2.80. The lowest BCUT2D eigenvalue weighted by Gasteiger charge is -2.18. The molecule has 0 atom stereocenters. The molecule has 0 saturated heterocycles.